The summed E-state index contributed by atoms with van der Waals surface area (Å²) in [5, 5.41) is 12.7. The van der Waals surface area contributed by atoms with Gasteiger partial charge in [-0.3, -0.25) is 9.59 Å². The number of nitrogens with one attached hydrogen (secondary N) is 2. The summed E-state index contributed by atoms with van der Waals surface area (Å²) in [5.74, 6) is -2.53. The maximum Gasteiger partial charge on any atom is 0.417 e. The van der Waals surface area contributed by atoms with Gasteiger partial charge >= 0.3 is 18.1 Å². The molecular formula is C26H28F3N5O6S2. The summed E-state index contributed by atoms with van der Waals surface area (Å²) in [6.07, 6.45) is -4.70. The molecule has 0 spiro atoms. The summed E-state index contributed by atoms with van der Waals surface area (Å²) in [5.41, 5.74) is -1.20. The Kier molecular flexibility index (Phi) is 10.7. The number of amides is 2. The fourth-order valence-corrected chi connectivity index (χ4v) is 5.58. The number of alkyl halides is 3. The van der Waals surface area contributed by atoms with Gasteiger partial charge in [0.1, 0.15) is 9.88 Å². The second kappa shape index (κ2) is 13.8. The van der Waals surface area contributed by atoms with Crippen molar-refractivity contribution in [3.8, 4) is 0 Å². The number of nitrogens with zero attached hydrogens (tertiary/aromatic N) is 3. The molecule has 42 heavy (non-hydrogen) atoms. The number of hydrogen-bond acceptors (Lipinski definition) is 10. The molecule has 3 aromatic rings. The van der Waals surface area contributed by atoms with Crippen LogP contribution in [0.4, 0.5) is 18.2 Å². The van der Waals surface area contributed by atoms with Gasteiger partial charge in [-0.05, 0) is 45.4 Å². The molecular weight excluding hydrogens is 599 g/mol. The molecule has 11 nitrogen and oxygen atoms in total. The van der Waals surface area contributed by atoms with E-state index >= 15 is 0 Å². The molecule has 16 heteroatoms. The van der Waals surface area contributed by atoms with Crippen molar-refractivity contribution < 1.29 is 41.8 Å². The minimum atomic E-state index is -4.70. The Morgan fingerprint density at radius 1 is 1.07 bits per heavy atom. The summed E-state index contributed by atoms with van der Waals surface area (Å²) in [6, 6.07) is 4.43. The average molecular weight is 628 g/mol. The molecule has 0 radical (unpaired) electrons. The largest absolute Gasteiger partial charge is 0.462 e. The predicted octanol–water partition coefficient (Wildman–Crippen LogP) is 4.61. The van der Waals surface area contributed by atoms with Crippen molar-refractivity contribution in [3.63, 3.8) is 0 Å². The molecule has 0 saturated carbocycles. The van der Waals surface area contributed by atoms with Gasteiger partial charge in [-0.2, -0.15) is 13.2 Å². The summed E-state index contributed by atoms with van der Waals surface area (Å²) >= 11 is 1.91. The number of rotatable bonds is 11. The molecule has 0 saturated heterocycles. The van der Waals surface area contributed by atoms with E-state index in [0.717, 1.165) is 35.2 Å². The number of thiophene rings is 1. The van der Waals surface area contributed by atoms with Crippen LogP contribution in [0.25, 0.3) is 0 Å². The lowest BCUT2D eigenvalue weighted by Crippen LogP contribution is -2.27. The number of ether oxygens (including phenoxy) is 2. The Hall–Kier alpha value is -3.92. The van der Waals surface area contributed by atoms with Gasteiger partial charge in [0.05, 0.1) is 41.7 Å². The third kappa shape index (κ3) is 7.47. The molecule has 1 atom stereocenters. The highest BCUT2D eigenvalue weighted by molar-refractivity contribution is 8.00. The van der Waals surface area contributed by atoms with Crippen LogP contribution in [-0.2, 0) is 34.0 Å². The van der Waals surface area contributed by atoms with Crippen molar-refractivity contribution in [2.45, 2.75) is 50.8 Å². The van der Waals surface area contributed by atoms with Gasteiger partial charge in [0.15, 0.2) is 11.0 Å². The van der Waals surface area contributed by atoms with Crippen molar-refractivity contribution in [2.24, 2.45) is 7.05 Å². The first-order chi connectivity index (χ1) is 19.8. The second-order valence-corrected chi connectivity index (χ2v) is 11.0. The first-order valence-corrected chi connectivity index (χ1v) is 14.3. The fourth-order valence-electron chi connectivity index (χ4n) is 3.65. The summed E-state index contributed by atoms with van der Waals surface area (Å²) in [6.45, 7) is 6.42. The Balaban J connectivity index is 1.71. The van der Waals surface area contributed by atoms with Crippen LogP contribution < -0.4 is 10.6 Å². The number of carbonyl (C=O) groups excluding carboxylic acids is 4. The molecule has 2 aromatic heterocycles. The average Bonchev–Trinajstić information content (AvgIpc) is 3.45. The minimum Gasteiger partial charge on any atom is -0.462 e. The molecule has 0 aliphatic carbocycles. The Bertz CT molecular complexity index is 1490. The zero-order chi connectivity index (χ0) is 31.2. The van der Waals surface area contributed by atoms with Crippen molar-refractivity contribution in [2.75, 3.05) is 18.5 Å². The van der Waals surface area contributed by atoms with Crippen LogP contribution in [0.5, 0.6) is 0 Å². The Morgan fingerprint density at radius 2 is 1.71 bits per heavy atom. The number of halogens is 3. The quantitative estimate of drug-likeness (QED) is 0.230. The maximum absolute atomic E-state index is 13.3. The van der Waals surface area contributed by atoms with E-state index in [2.05, 4.69) is 20.8 Å². The fraction of sp³-hybridized carbons (Fsp3) is 0.385. The van der Waals surface area contributed by atoms with Crippen molar-refractivity contribution >= 4 is 51.9 Å². The van der Waals surface area contributed by atoms with E-state index in [9.17, 15) is 32.3 Å². The van der Waals surface area contributed by atoms with Gasteiger partial charge in [-0.15, -0.1) is 21.5 Å². The molecule has 0 bridgehead atoms. The van der Waals surface area contributed by atoms with Gasteiger partial charge in [-0.25, -0.2) is 9.59 Å². The van der Waals surface area contributed by atoms with Gasteiger partial charge in [-0.1, -0.05) is 23.9 Å². The lowest BCUT2D eigenvalue weighted by atomic mass is 10.1. The number of benzene rings is 1. The van der Waals surface area contributed by atoms with Crippen LogP contribution in [-0.4, -0.2) is 57.0 Å². The first kappa shape index (κ1) is 32.6. The van der Waals surface area contributed by atoms with Crippen LogP contribution in [0.3, 0.4) is 0 Å². The highest BCUT2D eigenvalue weighted by Crippen LogP contribution is 2.35. The lowest BCUT2D eigenvalue weighted by molar-refractivity contribution is -0.138. The summed E-state index contributed by atoms with van der Waals surface area (Å²) in [4.78, 5) is 50.7. The first-order valence-electron chi connectivity index (χ1n) is 12.6. The van der Waals surface area contributed by atoms with Crippen molar-refractivity contribution in [3.05, 3.63) is 57.2 Å². The minimum absolute atomic E-state index is 0.0548. The topological polar surface area (TPSA) is 142 Å². The summed E-state index contributed by atoms with van der Waals surface area (Å²) in [7, 11) is 1.57. The molecule has 0 aliphatic heterocycles. The number of hydrogen-bond donors (Lipinski definition) is 2. The molecule has 0 unspecified atom stereocenters. The van der Waals surface area contributed by atoms with Gasteiger partial charge in [0.2, 0.25) is 5.91 Å². The van der Waals surface area contributed by atoms with E-state index in [1.165, 1.54) is 16.7 Å². The Morgan fingerprint density at radius 3 is 2.36 bits per heavy atom. The zero-order valence-electron chi connectivity index (χ0n) is 23.2. The van der Waals surface area contributed by atoms with Crippen LogP contribution >= 0.6 is 23.1 Å². The highest BCUT2D eigenvalue weighted by atomic mass is 32.2. The number of carbonyl (C=O) groups is 4. The van der Waals surface area contributed by atoms with Gasteiger partial charge in [0.25, 0.3) is 5.91 Å². The number of aromatic nitrogens is 3. The SMILES string of the molecule is CCOC(=O)c1sc(NC(=O)[C@@H](C)Sc2nnc(CNC(=O)c3ccccc3C(F)(F)F)n2C)c(C(=O)OCC)c1C. The zero-order valence-corrected chi connectivity index (χ0v) is 24.9. The molecule has 1 aromatic carbocycles. The molecule has 2 amide bonds. The van der Waals surface area contributed by atoms with E-state index < -0.39 is 46.3 Å². The number of anilines is 1. The molecule has 226 valence electrons. The summed E-state index contributed by atoms with van der Waals surface area (Å²) < 4.78 is 51.4. The third-order valence-electron chi connectivity index (χ3n) is 5.78. The van der Waals surface area contributed by atoms with E-state index in [1.807, 2.05) is 0 Å². The van der Waals surface area contributed by atoms with E-state index in [1.54, 1.807) is 34.7 Å². The molecule has 0 fully saturated rings. The normalized spacial score (nSPS) is 12.0. The van der Waals surface area contributed by atoms with Crippen molar-refractivity contribution in [1.82, 2.24) is 20.1 Å². The van der Waals surface area contributed by atoms with E-state index in [0.29, 0.717) is 5.56 Å². The van der Waals surface area contributed by atoms with Crippen LogP contribution in [0.2, 0.25) is 0 Å². The maximum atomic E-state index is 13.3. The van der Waals surface area contributed by atoms with E-state index in [4.69, 9.17) is 9.47 Å². The molecule has 3 rings (SSSR count). The van der Waals surface area contributed by atoms with E-state index in [-0.39, 0.29) is 46.2 Å². The van der Waals surface area contributed by atoms with Crippen LogP contribution in [0.1, 0.15) is 68.1 Å². The monoisotopic (exact) mass is 627 g/mol. The van der Waals surface area contributed by atoms with Crippen molar-refractivity contribution in [1.29, 1.82) is 0 Å². The lowest BCUT2D eigenvalue weighted by Gasteiger charge is -2.13. The Labute approximate surface area is 247 Å². The number of esters is 2. The van der Waals surface area contributed by atoms with Crippen LogP contribution in [0, 0.1) is 6.92 Å². The molecule has 0 aliphatic rings. The highest BCUT2D eigenvalue weighted by Gasteiger charge is 2.35. The molecule has 2 heterocycles. The second-order valence-electron chi connectivity index (χ2n) is 8.63. The number of thioether (sulfide) groups is 1. The molecule has 2 N–H and O–H groups in total. The van der Waals surface area contributed by atoms with Crippen LogP contribution in [0.15, 0.2) is 29.4 Å². The predicted molar refractivity (Wildman–Crippen MR) is 149 cm³/mol. The van der Waals surface area contributed by atoms with Gasteiger partial charge < -0.3 is 24.7 Å². The smallest absolute Gasteiger partial charge is 0.417 e. The van der Waals surface area contributed by atoms with Gasteiger partial charge in [0, 0.05) is 7.05 Å². The third-order valence-corrected chi connectivity index (χ3v) is 8.11. The standard InChI is InChI=1S/C26H28F3N5O6S2/c1-6-39-23(37)18-13(3)19(24(38)40-7-2)42-22(18)31-20(35)14(4)41-25-33-32-17(34(25)5)12-30-21(36)15-10-8-9-11-16(15)26(27,28)29/h8-11,14H,6-7,12H2,1-5H3,(H,30,36)(H,31,35)/t14-/m1/s1.